The molecule has 2 aromatic carbocycles. The molecule has 5 nitrogen and oxygen atoms in total. The van der Waals surface area contributed by atoms with Crippen LogP contribution in [0.5, 0.6) is 0 Å². The molecule has 1 heterocycles. The van der Waals surface area contributed by atoms with Crippen molar-refractivity contribution in [3.05, 3.63) is 64.7 Å². The van der Waals surface area contributed by atoms with Crippen molar-refractivity contribution >= 4 is 17.6 Å². The van der Waals surface area contributed by atoms with Crippen molar-refractivity contribution in [1.82, 2.24) is 4.90 Å². The third-order valence-electron chi connectivity index (χ3n) is 5.68. The summed E-state index contributed by atoms with van der Waals surface area (Å²) in [4.78, 5) is 18.8. The second kappa shape index (κ2) is 8.46. The number of anilines is 1. The van der Waals surface area contributed by atoms with Gasteiger partial charge in [-0.2, -0.15) is 0 Å². The van der Waals surface area contributed by atoms with E-state index < -0.39 is 0 Å². The summed E-state index contributed by atoms with van der Waals surface area (Å²) in [5.41, 5.74) is 12.5. The van der Waals surface area contributed by atoms with Crippen LogP contribution in [0.25, 0.3) is 0 Å². The Bertz CT molecular complexity index is 865. The monoisotopic (exact) mass is 376 g/mol. The number of hydrogen-bond donors (Lipinski definition) is 2. The largest absolute Gasteiger partial charge is 0.370 e. The summed E-state index contributed by atoms with van der Waals surface area (Å²) < 4.78 is 0. The minimum absolute atomic E-state index is 0.190. The van der Waals surface area contributed by atoms with E-state index in [0.29, 0.717) is 25.3 Å². The molecule has 1 aliphatic carbocycles. The summed E-state index contributed by atoms with van der Waals surface area (Å²) in [6, 6.07) is 14.6. The van der Waals surface area contributed by atoms with Gasteiger partial charge < -0.3 is 16.0 Å². The molecule has 5 heteroatoms. The van der Waals surface area contributed by atoms with Crippen LogP contribution in [-0.4, -0.2) is 23.3 Å². The van der Waals surface area contributed by atoms with Crippen molar-refractivity contribution in [2.24, 2.45) is 10.7 Å². The minimum atomic E-state index is 0.190. The first-order valence-electron chi connectivity index (χ1n) is 10.2. The fraction of sp³-hybridized carbons (Fsp3) is 0.391. The van der Waals surface area contributed by atoms with Crippen LogP contribution in [0.4, 0.5) is 5.69 Å². The quantitative estimate of drug-likeness (QED) is 0.476. The number of aryl methyl sites for hydroxylation is 1. The van der Waals surface area contributed by atoms with Crippen molar-refractivity contribution in [2.45, 2.75) is 51.6 Å². The number of nitrogens with two attached hydrogens (primary N) is 1. The van der Waals surface area contributed by atoms with Gasteiger partial charge in [-0.3, -0.25) is 9.79 Å². The SMILES string of the molecule is NC(=NCCCC(=O)N1Cc2ccccc2C1)Nc1cccc2c1CCCC2. The molecule has 146 valence electrons. The van der Waals surface area contributed by atoms with Crippen molar-refractivity contribution in [1.29, 1.82) is 0 Å². The number of carbonyl (C=O) groups excluding carboxylic acids is 1. The molecule has 0 bridgehead atoms. The smallest absolute Gasteiger partial charge is 0.223 e. The van der Waals surface area contributed by atoms with E-state index >= 15 is 0 Å². The molecule has 3 N–H and O–H groups in total. The highest BCUT2D eigenvalue weighted by atomic mass is 16.2. The summed E-state index contributed by atoms with van der Waals surface area (Å²) in [6.45, 7) is 2.00. The molecule has 2 aliphatic rings. The maximum Gasteiger partial charge on any atom is 0.223 e. The van der Waals surface area contributed by atoms with Gasteiger partial charge in [0.15, 0.2) is 5.96 Å². The highest BCUT2D eigenvalue weighted by Gasteiger charge is 2.22. The van der Waals surface area contributed by atoms with E-state index in [-0.39, 0.29) is 5.91 Å². The van der Waals surface area contributed by atoms with E-state index in [0.717, 1.165) is 31.6 Å². The van der Waals surface area contributed by atoms with Gasteiger partial charge in [0.05, 0.1) is 0 Å². The Kier molecular flexibility index (Phi) is 5.60. The second-order valence-electron chi connectivity index (χ2n) is 7.66. The number of benzene rings is 2. The van der Waals surface area contributed by atoms with Crippen LogP contribution >= 0.6 is 0 Å². The van der Waals surface area contributed by atoms with E-state index in [1.807, 2.05) is 17.0 Å². The van der Waals surface area contributed by atoms with Crippen LogP contribution in [0.1, 0.15) is 47.9 Å². The molecular weight excluding hydrogens is 348 g/mol. The third kappa shape index (κ3) is 4.19. The van der Waals surface area contributed by atoms with Crippen molar-refractivity contribution < 1.29 is 4.79 Å². The molecule has 1 amide bonds. The van der Waals surface area contributed by atoms with Gasteiger partial charge >= 0.3 is 0 Å². The van der Waals surface area contributed by atoms with E-state index in [9.17, 15) is 4.79 Å². The Morgan fingerprint density at radius 3 is 2.50 bits per heavy atom. The number of nitrogens with one attached hydrogen (secondary N) is 1. The molecular formula is C23H28N4O. The highest BCUT2D eigenvalue weighted by molar-refractivity contribution is 5.93. The van der Waals surface area contributed by atoms with Gasteiger partial charge in [-0.25, -0.2) is 0 Å². The molecule has 0 saturated heterocycles. The van der Waals surface area contributed by atoms with Crippen molar-refractivity contribution in [2.75, 3.05) is 11.9 Å². The number of guanidine groups is 1. The summed E-state index contributed by atoms with van der Waals surface area (Å²) in [5.74, 6) is 0.620. The van der Waals surface area contributed by atoms with Gasteiger partial charge in [0, 0.05) is 31.7 Å². The molecule has 0 radical (unpaired) electrons. The normalized spacial score (nSPS) is 15.9. The summed E-state index contributed by atoms with van der Waals surface area (Å²) in [7, 11) is 0. The lowest BCUT2D eigenvalue weighted by Crippen LogP contribution is -2.26. The van der Waals surface area contributed by atoms with Crippen LogP contribution in [0.15, 0.2) is 47.5 Å². The predicted octanol–water partition coefficient (Wildman–Crippen LogP) is 3.61. The molecule has 0 saturated carbocycles. The zero-order chi connectivity index (χ0) is 19.3. The van der Waals surface area contributed by atoms with Crippen LogP contribution in [0.2, 0.25) is 0 Å². The molecule has 0 spiro atoms. The molecule has 28 heavy (non-hydrogen) atoms. The number of fused-ring (bicyclic) bond motifs is 2. The van der Waals surface area contributed by atoms with Gasteiger partial charge in [0.25, 0.3) is 0 Å². The zero-order valence-electron chi connectivity index (χ0n) is 16.3. The lowest BCUT2D eigenvalue weighted by molar-refractivity contribution is -0.131. The first-order valence-corrected chi connectivity index (χ1v) is 10.2. The van der Waals surface area contributed by atoms with E-state index in [1.54, 1.807) is 0 Å². The maximum atomic E-state index is 12.4. The molecule has 0 atom stereocenters. The average molecular weight is 377 g/mol. The molecule has 1 aliphatic heterocycles. The number of aliphatic imine (C=N–C) groups is 1. The highest BCUT2D eigenvalue weighted by Crippen LogP contribution is 2.27. The Balaban J connectivity index is 1.25. The molecule has 0 unspecified atom stereocenters. The first kappa shape index (κ1) is 18.5. The lowest BCUT2D eigenvalue weighted by Gasteiger charge is -2.19. The van der Waals surface area contributed by atoms with E-state index in [2.05, 4.69) is 40.6 Å². The summed E-state index contributed by atoms with van der Waals surface area (Å²) >= 11 is 0. The summed E-state index contributed by atoms with van der Waals surface area (Å²) in [6.07, 6.45) is 5.94. The lowest BCUT2D eigenvalue weighted by atomic mass is 9.90. The molecule has 4 rings (SSSR count). The van der Waals surface area contributed by atoms with Gasteiger partial charge in [-0.05, 0) is 60.4 Å². The standard InChI is InChI=1S/C23H28N4O/c24-23(26-21-12-5-10-17-7-3-4-11-20(17)21)25-14-6-13-22(28)27-15-18-8-1-2-9-19(18)16-27/h1-2,5,8-10,12H,3-4,6-7,11,13-16H2,(H3,24,25,26). The Morgan fingerprint density at radius 1 is 1.00 bits per heavy atom. The van der Waals surface area contributed by atoms with Gasteiger partial charge in [-0.15, -0.1) is 0 Å². The maximum absolute atomic E-state index is 12.4. The van der Waals surface area contributed by atoms with E-state index in [1.165, 1.54) is 35.1 Å². The van der Waals surface area contributed by atoms with Gasteiger partial charge in [0.2, 0.25) is 5.91 Å². The first-order chi connectivity index (χ1) is 13.7. The van der Waals surface area contributed by atoms with E-state index in [4.69, 9.17) is 5.73 Å². The topological polar surface area (TPSA) is 70.7 Å². The van der Waals surface area contributed by atoms with Crippen molar-refractivity contribution in [3.8, 4) is 0 Å². The van der Waals surface area contributed by atoms with Crippen LogP contribution in [-0.2, 0) is 30.7 Å². The van der Waals surface area contributed by atoms with Crippen LogP contribution in [0, 0.1) is 0 Å². The molecule has 2 aromatic rings. The third-order valence-corrected chi connectivity index (χ3v) is 5.68. The number of amides is 1. The zero-order valence-corrected chi connectivity index (χ0v) is 16.3. The minimum Gasteiger partial charge on any atom is -0.370 e. The fourth-order valence-electron chi connectivity index (χ4n) is 4.17. The van der Waals surface area contributed by atoms with Gasteiger partial charge in [0.1, 0.15) is 0 Å². The van der Waals surface area contributed by atoms with Crippen LogP contribution < -0.4 is 11.1 Å². The fourth-order valence-corrected chi connectivity index (χ4v) is 4.17. The number of hydrogen-bond acceptors (Lipinski definition) is 2. The molecule has 0 aromatic heterocycles. The predicted molar refractivity (Wildman–Crippen MR) is 113 cm³/mol. The Morgan fingerprint density at radius 2 is 1.71 bits per heavy atom. The van der Waals surface area contributed by atoms with Crippen LogP contribution in [0.3, 0.4) is 0 Å². The second-order valence-corrected chi connectivity index (χ2v) is 7.66. The van der Waals surface area contributed by atoms with Crippen molar-refractivity contribution in [3.63, 3.8) is 0 Å². The summed E-state index contributed by atoms with van der Waals surface area (Å²) in [5, 5.41) is 3.26. The molecule has 0 fully saturated rings. The van der Waals surface area contributed by atoms with Gasteiger partial charge in [-0.1, -0.05) is 36.4 Å². The average Bonchev–Trinajstić information content (AvgIpc) is 3.16. The Hall–Kier alpha value is -2.82. The number of rotatable bonds is 5. The number of nitrogens with zero attached hydrogens (tertiary/aromatic N) is 2. The number of carbonyl (C=O) groups is 1. The Labute approximate surface area is 166 Å².